The molecule has 0 unspecified atom stereocenters. The number of nitrogens with one attached hydrogen (secondary N) is 1. The van der Waals surface area contributed by atoms with Crippen LogP contribution in [0.15, 0.2) is 47.5 Å². The number of anilines is 2. The number of alkyl halides is 3. The highest BCUT2D eigenvalue weighted by Crippen LogP contribution is 2.43. The lowest BCUT2D eigenvalue weighted by molar-refractivity contribution is -0.137. The van der Waals surface area contributed by atoms with Crippen LogP contribution in [0.4, 0.5) is 24.5 Å². The number of para-hydroxylation sites is 1. The van der Waals surface area contributed by atoms with Gasteiger partial charge in [0.1, 0.15) is 11.4 Å². The lowest BCUT2D eigenvalue weighted by atomic mass is 9.79. The van der Waals surface area contributed by atoms with Crippen molar-refractivity contribution in [1.29, 1.82) is 0 Å². The molecule has 1 saturated carbocycles. The molecule has 1 N–H and O–H groups in total. The summed E-state index contributed by atoms with van der Waals surface area (Å²) in [6.07, 6.45) is 0.232. The van der Waals surface area contributed by atoms with Gasteiger partial charge in [-0.25, -0.2) is 4.99 Å². The van der Waals surface area contributed by atoms with E-state index >= 15 is 0 Å². The molecule has 1 heterocycles. The van der Waals surface area contributed by atoms with Gasteiger partial charge in [-0.2, -0.15) is 13.2 Å². The molecule has 1 fully saturated rings. The smallest absolute Gasteiger partial charge is 0.341 e. The number of hydrogen-bond donors (Lipinski definition) is 1. The van der Waals surface area contributed by atoms with Gasteiger partial charge in [0.2, 0.25) is 5.11 Å². The number of aliphatic imine (C=N–C) groups is 1. The van der Waals surface area contributed by atoms with Gasteiger partial charge in [-0.05, 0) is 68.2 Å². The molecule has 1 aliphatic carbocycles. The molecule has 0 aromatic heterocycles. The van der Waals surface area contributed by atoms with Crippen molar-refractivity contribution >= 4 is 34.5 Å². The minimum absolute atomic E-state index is 0.310. The Morgan fingerprint density at radius 2 is 1.63 bits per heavy atom. The highest BCUT2D eigenvalue weighted by Gasteiger charge is 2.49. The van der Waals surface area contributed by atoms with E-state index in [-0.39, 0.29) is 0 Å². The van der Waals surface area contributed by atoms with Crippen molar-refractivity contribution in [3.05, 3.63) is 59.2 Å². The predicted octanol–water partition coefficient (Wildman–Crippen LogP) is 6.64. The summed E-state index contributed by atoms with van der Waals surface area (Å²) in [5, 5.41) is 3.82. The Balaban J connectivity index is 1.77. The summed E-state index contributed by atoms with van der Waals surface area (Å²) < 4.78 is 40.0. The quantitative estimate of drug-likeness (QED) is 0.540. The summed E-state index contributed by atoms with van der Waals surface area (Å²) >= 11 is 5.59. The molecule has 2 aromatic rings. The summed E-state index contributed by atoms with van der Waals surface area (Å²) in [6, 6.07) is 11.5. The lowest BCUT2D eigenvalue weighted by Gasteiger charge is -2.43. The van der Waals surface area contributed by atoms with E-state index in [0.29, 0.717) is 10.8 Å². The number of nitrogens with zero attached hydrogens (tertiary/aromatic N) is 2. The van der Waals surface area contributed by atoms with Crippen molar-refractivity contribution in [1.82, 2.24) is 0 Å². The summed E-state index contributed by atoms with van der Waals surface area (Å²) in [7, 11) is 0. The van der Waals surface area contributed by atoms with E-state index in [0.717, 1.165) is 60.8 Å². The fourth-order valence-corrected chi connectivity index (χ4v) is 4.96. The Morgan fingerprint density at radius 3 is 2.27 bits per heavy atom. The summed E-state index contributed by atoms with van der Waals surface area (Å²) in [4.78, 5) is 6.51. The molecule has 0 radical (unpaired) electrons. The van der Waals surface area contributed by atoms with Crippen LogP contribution in [0.3, 0.4) is 0 Å². The Hall–Kier alpha value is -2.41. The van der Waals surface area contributed by atoms with Gasteiger partial charge in [-0.1, -0.05) is 43.5 Å². The van der Waals surface area contributed by atoms with Crippen LogP contribution >= 0.6 is 12.2 Å². The number of benzene rings is 2. The fourth-order valence-electron chi connectivity index (χ4n) is 4.59. The molecule has 4 rings (SSSR count). The molecule has 0 atom stereocenters. The third-order valence-corrected chi connectivity index (χ3v) is 6.38. The van der Waals surface area contributed by atoms with Crippen LogP contribution in [0.1, 0.15) is 48.8 Å². The zero-order valence-corrected chi connectivity index (χ0v) is 17.8. The second-order valence-electron chi connectivity index (χ2n) is 8.11. The van der Waals surface area contributed by atoms with Crippen LogP contribution in [0, 0.1) is 13.8 Å². The van der Waals surface area contributed by atoms with Gasteiger partial charge in [0.15, 0.2) is 0 Å². The number of thiocarbonyl (C=S) groups is 1. The van der Waals surface area contributed by atoms with E-state index in [4.69, 9.17) is 12.2 Å². The van der Waals surface area contributed by atoms with Gasteiger partial charge >= 0.3 is 6.18 Å². The third kappa shape index (κ3) is 3.60. The van der Waals surface area contributed by atoms with E-state index in [9.17, 15) is 13.2 Å². The molecule has 3 nitrogen and oxygen atoms in total. The number of aryl methyl sites for hydroxylation is 2. The molecular formula is C23H24F3N3S. The largest absolute Gasteiger partial charge is 0.416 e. The van der Waals surface area contributed by atoms with Crippen LogP contribution in [-0.4, -0.2) is 16.5 Å². The first-order valence-electron chi connectivity index (χ1n) is 10.2. The molecule has 0 bridgehead atoms. The third-order valence-electron chi connectivity index (χ3n) is 6.10. The first-order chi connectivity index (χ1) is 14.2. The Bertz CT molecular complexity index is 987. The Morgan fingerprint density at radius 1 is 1.00 bits per heavy atom. The number of rotatable bonds is 2. The van der Waals surface area contributed by atoms with E-state index in [1.54, 1.807) is 6.07 Å². The average Bonchev–Trinajstić information content (AvgIpc) is 2.95. The van der Waals surface area contributed by atoms with Crippen LogP contribution in [0.25, 0.3) is 0 Å². The molecular weight excluding hydrogens is 407 g/mol. The maximum atomic E-state index is 13.3. The number of amidine groups is 1. The van der Waals surface area contributed by atoms with E-state index in [1.165, 1.54) is 12.1 Å². The minimum Gasteiger partial charge on any atom is -0.341 e. The van der Waals surface area contributed by atoms with Crippen molar-refractivity contribution < 1.29 is 13.2 Å². The van der Waals surface area contributed by atoms with Gasteiger partial charge in [0.25, 0.3) is 0 Å². The summed E-state index contributed by atoms with van der Waals surface area (Å²) in [6.45, 7) is 4.06. The summed E-state index contributed by atoms with van der Waals surface area (Å²) in [5.74, 6) is 0.738. The van der Waals surface area contributed by atoms with Crippen molar-refractivity contribution in [2.45, 2.75) is 57.7 Å². The Labute approximate surface area is 180 Å². The maximum Gasteiger partial charge on any atom is 0.416 e. The van der Waals surface area contributed by atoms with Gasteiger partial charge in [0.05, 0.1) is 5.56 Å². The van der Waals surface area contributed by atoms with Crippen LogP contribution in [-0.2, 0) is 6.18 Å². The van der Waals surface area contributed by atoms with Crippen LogP contribution in [0.5, 0.6) is 0 Å². The molecule has 2 aliphatic rings. The van der Waals surface area contributed by atoms with Crippen molar-refractivity contribution in [2.75, 3.05) is 10.2 Å². The van der Waals surface area contributed by atoms with Crippen LogP contribution < -0.4 is 10.2 Å². The van der Waals surface area contributed by atoms with Crippen molar-refractivity contribution in [2.24, 2.45) is 4.99 Å². The minimum atomic E-state index is -4.41. The molecule has 30 heavy (non-hydrogen) atoms. The second kappa shape index (κ2) is 7.69. The normalized spacial score (nSPS) is 18.6. The van der Waals surface area contributed by atoms with Gasteiger partial charge in [-0.15, -0.1) is 0 Å². The number of hydrogen-bond acceptors (Lipinski definition) is 2. The standard InChI is InChI=1S/C23H24F3N3S/c1-15-8-6-9-16(2)19(15)27-20-22(12-4-3-5-13-22)29(21(30)28-20)18-11-7-10-17(14-18)23(24,25)26/h6-11,14H,3-5,12-13H2,1-2H3,(H,27,28,30). The van der Waals surface area contributed by atoms with Gasteiger partial charge in [-0.3, -0.25) is 0 Å². The molecule has 1 spiro atoms. The number of halogens is 3. The fraction of sp³-hybridized carbons (Fsp3) is 0.391. The van der Waals surface area contributed by atoms with E-state index in [2.05, 4.69) is 10.3 Å². The molecule has 7 heteroatoms. The average molecular weight is 432 g/mol. The first kappa shape index (κ1) is 20.8. The Kier molecular flexibility index (Phi) is 5.34. The topological polar surface area (TPSA) is 27.6 Å². The molecule has 1 aliphatic heterocycles. The predicted molar refractivity (Wildman–Crippen MR) is 119 cm³/mol. The molecule has 158 valence electrons. The zero-order valence-electron chi connectivity index (χ0n) is 17.0. The SMILES string of the molecule is Cc1cccc(C)c1NC1=NC(=S)N(c2cccc(C(F)(F)F)c2)C12CCCCC2. The molecule has 0 saturated heterocycles. The monoisotopic (exact) mass is 431 g/mol. The van der Waals surface area contributed by atoms with E-state index < -0.39 is 17.3 Å². The second-order valence-corrected chi connectivity index (χ2v) is 8.48. The highest BCUT2D eigenvalue weighted by molar-refractivity contribution is 7.80. The zero-order chi connectivity index (χ0) is 21.5. The van der Waals surface area contributed by atoms with Crippen molar-refractivity contribution in [3.8, 4) is 0 Å². The summed E-state index contributed by atoms with van der Waals surface area (Å²) in [5.41, 5.74) is 2.38. The van der Waals surface area contributed by atoms with Gasteiger partial charge < -0.3 is 10.2 Å². The lowest BCUT2D eigenvalue weighted by Crippen LogP contribution is -2.55. The van der Waals surface area contributed by atoms with Crippen LogP contribution in [0.2, 0.25) is 0 Å². The van der Waals surface area contributed by atoms with E-state index in [1.807, 2.05) is 36.9 Å². The molecule has 2 aromatic carbocycles. The van der Waals surface area contributed by atoms with Gasteiger partial charge in [0, 0.05) is 11.4 Å². The van der Waals surface area contributed by atoms with Crippen molar-refractivity contribution in [3.63, 3.8) is 0 Å². The maximum absolute atomic E-state index is 13.3. The highest BCUT2D eigenvalue weighted by atomic mass is 32.1. The first-order valence-corrected chi connectivity index (χ1v) is 10.6. The molecule has 0 amide bonds.